The van der Waals surface area contributed by atoms with Crippen molar-refractivity contribution >= 4 is 29.9 Å². The zero-order valence-corrected chi connectivity index (χ0v) is 19.3. The summed E-state index contributed by atoms with van der Waals surface area (Å²) >= 11 is 0. The number of methoxy groups -OCH3 is 1. The number of aryl methyl sites for hydroxylation is 1. The van der Waals surface area contributed by atoms with Crippen LogP contribution in [0.25, 0.3) is 0 Å². The number of halogens is 1. The Bertz CT molecular complexity index is 793. The van der Waals surface area contributed by atoms with E-state index in [9.17, 15) is 0 Å². The van der Waals surface area contributed by atoms with Gasteiger partial charge in [-0.25, -0.2) is 0 Å². The van der Waals surface area contributed by atoms with Crippen LogP contribution in [-0.4, -0.2) is 54.5 Å². The Morgan fingerprint density at radius 3 is 2.82 bits per heavy atom. The number of nitrogens with one attached hydrogen (secondary N) is 1. The highest BCUT2D eigenvalue weighted by atomic mass is 127. The molecule has 1 aliphatic heterocycles. The molecule has 1 unspecified atom stereocenters. The van der Waals surface area contributed by atoms with Crippen LogP contribution in [0.5, 0.6) is 11.5 Å². The van der Waals surface area contributed by atoms with Crippen LogP contribution in [-0.2, 0) is 13.6 Å². The van der Waals surface area contributed by atoms with Crippen molar-refractivity contribution in [3.63, 3.8) is 0 Å². The third-order valence-corrected chi connectivity index (χ3v) is 4.87. The molecule has 8 heteroatoms. The number of rotatable bonds is 6. The first-order valence-electron chi connectivity index (χ1n) is 9.38. The molecule has 154 valence electrons. The van der Waals surface area contributed by atoms with Gasteiger partial charge >= 0.3 is 0 Å². The fourth-order valence-corrected chi connectivity index (χ4v) is 3.49. The predicted molar refractivity (Wildman–Crippen MR) is 122 cm³/mol. The highest BCUT2D eigenvalue weighted by Crippen LogP contribution is 2.29. The van der Waals surface area contributed by atoms with Gasteiger partial charge in [-0.3, -0.25) is 9.67 Å². The van der Waals surface area contributed by atoms with Crippen LogP contribution in [0.15, 0.2) is 35.6 Å². The number of ether oxygens (including phenoxy) is 2. The van der Waals surface area contributed by atoms with Crippen molar-refractivity contribution in [1.82, 2.24) is 20.0 Å². The van der Waals surface area contributed by atoms with Crippen LogP contribution in [0.4, 0.5) is 0 Å². The molecule has 3 rings (SSSR count). The van der Waals surface area contributed by atoms with E-state index in [2.05, 4.69) is 32.6 Å². The Labute approximate surface area is 184 Å². The van der Waals surface area contributed by atoms with Crippen LogP contribution in [0.3, 0.4) is 0 Å². The van der Waals surface area contributed by atoms with Gasteiger partial charge in [-0.2, -0.15) is 5.10 Å². The van der Waals surface area contributed by atoms with E-state index in [-0.39, 0.29) is 24.0 Å². The summed E-state index contributed by atoms with van der Waals surface area (Å²) in [5, 5.41) is 7.76. The minimum absolute atomic E-state index is 0. The molecule has 1 saturated heterocycles. The maximum atomic E-state index is 5.58. The Morgan fingerprint density at radius 1 is 1.36 bits per heavy atom. The molecule has 2 aromatic rings. The molecule has 0 bridgehead atoms. The summed E-state index contributed by atoms with van der Waals surface area (Å²) in [7, 11) is 5.46. The molecule has 2 heterocycles. The Balaban J connectivity index is 0.00000280. The van der Waals surface area contributed by atoms with Gasteiger partial charge in [-0.15, -0.1) is 24.0 Å². The fourth-order valence-electron chi connectivity index (χ4n) is 3.49. The SMILES string of the molecule is CCOc1ccc(CNC(=NC)N2CCC(c3cnn(C)c3)C2)cc1OC.I. The largest absolute Gasteiger partial charge is 0.493 e. The van der Waals surface area contributed by atoms with E-state index in [1.165, 1.54) is 5.56 Å². The van der Waals surface area contributed by atoms with Crippen molar-refractivity contribution in [2.45, 2.75) is 25.8 Å². The van der Waals surface area contributed by atoms with Gasteiger partial charge < -0.3 is 19.7 Å². The van der Waals surface area contributed by atoms with Gasteiger partial charge in [-0.1, -0.05) is 6.07 Å². The first-order valence-corrected chi connectivity index (χ1v) is 9.38. The van der Waals surface area contributed by atoms with Crippen molar-refractivity contribution < 1.29 is 9.47 Å². The molecule has 1 atom stereocenters. The first kappa shape index (κ1) is 22.3. The van der Waals surface area contributed by atoms with E-state index in [0.717, 1.165) is 42.5 Å². The zero-order valence-electron chi connectivity index (χ0n) is 17.0. The number of hydrogen-bond donors (Lipinski definition) is 1. The summed E-state index contributed by atoms with van der Waals surface area (Å²) < 4.78 is 12.9. The van der Waals surface area contributed by atoms with Crippen molar-refractivity contribution in [2.24, 2.45) is 12.0 Å². The van der Waals surface area contributed by atoms with E-state index in [4.69, 9.17) is 9.47 Å². The second kappa shape index (κ2) is 10.5. The lowest BCUT2D eigenvalue weighted by Gasteiger charge is -2.22. The lowest BCUT2D eigenvalue weighted by molar-refractivity contribution is 0.310. The molecule has 28 heavy (non-hydrogen) atoms. The molecular formula is C20H30IN5O2. The molecule has 0 aliphatic carbocycles. The second-order valence-electron chi connectivity index (χ2n) is 6.70. The van der Waals surface area contributed by atoms with E-state index < -0.39 is 0 Å². The molecule has 1 N–H and O–H groups in total. The molecule has 7 nitrogen and oxygen atoms in total. The second-order valence-corrected chi connectivity index (χ2v) is 6.70. The summed E-state index contributed by atoms with van der Waals surface area (Å²) in [6.45, 7) is 5.22. The minimum Gasteiger partial charge on any atom is -0.493 e. The normalized spacial score (nSPS) is 16.6. The lowest BCUT2D eigenvalue weighted by atomic mass is 10.0. The van der Waals surface area contributed by atoms with E-state index in [1.807, 2.05) is 44.0 Å². The Morgan fingerprint density at radius 2 is 2.18 bits per heavy atom. The first-order chi connectivity index (χ1) is 13.1. The van der Waals surface area contributed by atoms with Crippen molar-refractivity contribution in [1.29, 1.82) is 0 Å². The zero-order chi connectivity index (χ0) is 19.2. The van der Waals surface area contributed by atoms with Gasteiger partial charge in [0.25, 0.3) is 0 Å². The van der Waals surface area contributed by atoms with E-state index in [1.54, 1.807) is 7.11 Å². The summed E-state index contributed by atoms with van der Waals surface area (Å²) in [4.78, 5) is 6.77. The Kier molecular flexibility index (Phi) is 8.40. The van der Waals surface area contributed by atoms with Crippen LogP contribution in [0, 0.1) is 0 Å². The minimum atomic E-state index is 0. The fraction of sp³-hybridized carbons (Fsp3) is 0.500. The smallest absolute Gasteiger partial charge is 0.193 e. The molecule has 1 aliphatic rings. The average Bonchev–Trinajstić information content (AvgIpc) is 3.32. The molecule has 0 radical (unpaired) electrons. The number of aliphatic imine (C=N–C) groups is 1. The van der Waals surface area contributed by atoms with Gasteiger partial charge in [0.2, 0.25) is 0 Å². The van der Waals surface area contributed by atoms with Gasteiger partial charge in [-0.05, 0) is 36.6 Å². The molecule has 0 saturated carbocycles. The summed E-state index contributed by atoms with van der Waals surface area (Å²) in [6, 6.07) is 6.01. The highest BCUT2D eigenvalue weighted by Gasteiger charge is 2.26. The molecule has 0 amide bonds. The number of benzene rings is 1. The van der Waals surface area contributed by atoms with Gasteiger partial charge in [0.15, 0.2) is 17.5 Å². The third kappa shape index (κ3) is 5.30. The number of aromatic nitrogens is 2. The van der Waals surface area contributed by atoms with E-state index >= 15 is 0 Å². The third-order valence-electron chi connectivity index (χ3n) is 4.87. The lowest BCUT2D eigenvalue weighted by Crippen LogP contribution is -2.39. The number of hydrogen-bond acceptors (Lipinski definition) is 4. The maximum absolute atomic E-state index is 5.58. The molecule has 1 fully saturated rings. The highest BCUT2D eigenvalue weighted by molar-refractivity contribution is 14.0. The summed E-state index contributed by atoms with van der Waals surface area (Å²) in [5.41, 5.74) is 2.42. The average molecular weight is 499 g/mol. The number of nitrogens with zero attached hydrogens (tertiary/aromatic N) is 4. The van der Waals surface area contributed by atoms with Gasteiger partial charge in [0.05, 0.1) is 19.9 Å². The molecule has 1 aromatic carbocycles. The monoisotopic (exact) mass is 499 g/mol. The van der Waals surface area contributed by atoms with Crippen molar-refractivity contribution in [2.75, 3.05) is 33.9 Å². The number of likely N-dealkylation sites (tertiary alicyclic amines) is 1. The topological polar surface area (TPSA) is 63.9 Å². The Hall–Kier alpha value is -1.97. The van der Waals surface area contributed by atoms with Crippen molar-refractivity contribution in [3.05, 3.63) is 41.7 Å². The number of guanidine groups is 1. The van der Waals surface area contributed by atoms with Crippen LogP contribution >= 0.6 is 24.0 Å². The molecule has 1 aromatic heterocycles. The van der Waals surface area contributed by atoms with Crippen LogP contribution in [0.1, 0.15) is 30.4 Å². The summed E-state index contributed by atoms with van der Waals surface area (Å²) in [5.74, 6) is 2.95. The van der Waals surface area contributed by atoms with Gasteiger partial charge in [0, 0.05) is 45.8 Å². The molecular weight excluding hydrogens is 469 g/mol. The van der Waals surface area contributed by atoms with Crippen LogP contribution in [0.2, 0.25) is 0 Å². The summed E-state index contributed by atoms with van der Waals surface area (Å²) in [6.07, 6.45) is 5.19. The van der Waals surface area contributed by atoms with Gasteiger partial charge in [0.1, 0.15) is 0 Å². The standard InChI is InChI=1S/C20H29N5O2.HI/c1-5-27-18-7-6-15(10-19(18)26-4)11-22-20(21-2)25-9-8-16(14-25)17-12-23-24(3)13-17;/h6-7,10,12-13,16H,5,8-9,11,14H2,1-4H3,(H,21,22);1H. The quantitative estimate of drug-likeness (QED) is 0.376. The maximum Gasteiger partial charge on any atom is 0.193 e. The van der Waals surface area contributed by atoms with Crippen LogP contribution < -0.4 is 14.8 Å². The predicted octanol–water partition coefficient (Wildman–Crippen LogP) is 3.01. The van der Waals surface area contributed by atoms with E-state index in [0.29, 0.717) is 19.1 Å². The molecule has 0 spiro atoms. The van der Waals surface area contributed by atoms with Crippen molar-refractivity contribution in [3.8, 4) is 11.5 Å².